The zero-order valence-corrected chi connectivity index (χ0v) is 9.27. The fourth-order valence-electron chi connectivity index (χ4n) is 1.87. The lowest BCUT2D eigenvalue weighted by Gasteiger charge is -2.14. The monoisotopic (exact) mass is 209 g/mol. The lowest BCUT2D eigenvalue weighted by atomic mass is 10.2. The molecule has 2 heterocycles. The van der Waals surface area contributed by atoms with Gasteiger partial charge in [0.15, 0.2) is 0 Å². The van der Waals surface area contributed by atoms with Crippen LogP contribution in [-0.4, -0.2) is 23.9 Å². The van der Waals surface area contributed by atoms with Crippen molar-refractivity contribution in [2.45, 2.75) is 26.2 Å². The number of carbonyl (C=O) groups excluding carboxylic acids is 1. The van der Waals surface area contributed by atoms with Gasteiger partial charge >= 0.3 is 0 Å². The van der Waals surface area contributed by atoms with E-state index >= 15 is 0 Å². The molecule has 0 aliphatic carbocycles. The Labute approximate surface area is 88.5 Å². The summed E-state index contributed by atoms with van der Waals surface area (Å²) in [7, 11) is 0. The summed E-state index contributed by atoms with van der Waals surface area (Å²) in [5.74, 6) is 0.245. The Balaban J connectivity index is 2.17. The maximum atomic E-state index is 12.0. The van der Waals surface area contributed by atoms with E-state index < -0.39 is 0 Å². The van der Waals surface area contributed by atoms with Gasteiger partial charge in [-0.2, -0.15) is 0 Å². The second-order valence-corrected chi connectivity index (χ2v) is 4.54. The van der Waals surface area contributed by atoms with Crippen molar-refractivity contribution < 1.29 is 4.79 Å². The summed E-state index contributed by atoms with van der Waals surface area (Å²) in [6.07, 6.45) is 3.29. The first-order valence-corrected chi connectivity index (χ1v) is 6.06. The van der Waals surface area contributed by atoms with Gasteiger partial charge < -0.3 is 4.90 Å². The van der Waals surface area contributed by atoms with E-state index in [0.717, 1.165) is 24.4 Å². The first-order chi connectivity index (χ1) is 6.83. The molecule has 2 nitrogen and oxygen atoms in total. The van der Waals surface area contributed by atoms with Crippen LogP contribution < -0.4 is 0 Å². The minimum Gasteiger partial charge on any atom is -0.338 e. The molecule has 0 aromatic carbocycles. The minimum absolute atomic E-state index is 0.245. The van der Waals surface area contributed by atoms with Crippen LogP contribution in [-0.2, 0) is 6.42 Å². The van der Waals surface area contributed by atoms with Gasteiger partial charge in [0, 0.05) is 13.1 Å². The van der Waals surface area contributed by atoms with Crippen LogP contribution in [0.4, 0.5) is 0 Å². The number of aryl methyl sites for hydroxylation is 1. The summed E-state index contributed by atoms with van der Waals surface area (Å²) >= 11 is 1.58. The molecule has 0 unspecified atom stereocenters. The molecule has 0 atom stereocenters. The largest absolute Gasteiger partial charge is 0.338 e. The Kier molecular flexibility index (Phi) is 2.87. The fourth-order valence-corrected chi connectivity index (χ4v) is 2.83. The van der Waals surface area contributed by atoms with Crippen LogP contribution in [0.3, 0.4) is 0 Å². The third-order valence-corrected chi connectivity index (χ3v) is 3.66. The van der Waals surface area contributed by atoms with Crippen LogP contribution in [0.25, 0.3) is 0 Å². The lowest BCUT2D eigenvalue weighted by molar-refractivity contribution is 0.0796. The van der Waals surface area contributed by atoms with Crippen LogP contribution in [0.2, 0.25) is 0 Å². The van der Waals surface area contributed by atoms with E-state index in [9.17, 15) is 4.79 Å². The van der Waals surface area contributed by atoms with Gasteiger partial charge in [0.25, 0.3) is 5.91 Å². The summed E-state index contributed by atoms with van der Waals surface area (Å²) in [5.41, 5.74) is 1.20. The van der Waals surface area contributed by atoms with E-state index in [1.165, 1.54) is 18.4 Å². The van der Waals surface area contributed by atoms with Gasteiger partial charge in [0.1, 0.15) is 0 Å². The number of likely N-dealkylation sites (tertiary alicyclic amines) is 1. The topological polar surface area (TPSA) is 20.3 Å². The first-order valence-electron chi connectivity index (χ1n) is 5.18. The second kappa shape index (κ2) is 4.13. The molecule has 1 aromatic rings. The molecule has 1 aliphatic rings. The molecular formula is C11H15NOS. The highest BCUT2D eigenvalue weighted by Crippen LogP contribution is 2.21. The lowest BCUT2D eigenvalue weighted by Crippen LogP contribution is -2.27. The Hall–Kier alpha value is -0.830. The Bertz CT molecular complexity index is 326. The maximum absolute atomic E-state index is 12.0. The molecule has 0 N–H and O–H groups in total. The van der Waals surface area contributed by atoms with Gasteiger partial charge in [-0.3, -0.25) is 4.79 Å². The average molecular weight is 209 g/mol. The molecular weight excluding hydrogens is 194 g/mol. The molecule has 2 rings (SSSR count). The number of rotatable bonds is 2. The summed E-state index contributed by atoms with van der Waals surface area (Å²) in [6, 6.07) is 2.06. The fraction of sp³-hybridized carbons (Fsp3) is 0.545. The summed E-state index contributed by atoms with van der Waals surface area (Å²) in [6.45, 7) is 3.99. The molecule has 0 saturated carbocycles. The smallest absolute Gasteiger partial charge is 0.264 e. The second-order valence-electron chi connectivity index (χ2n) is 3.63. The Morgan fingerprint density at radius 3 is 2.86 bits per heavy atom. The highest BCUT2D eigenvalue weighted by atomic mass is 32.1. The highest BCUT2D eigenvalue weighted by Gasteiger charge is 2.21. The van der Waals surface area contributed by atoms with E-state index in [1.807, 2.05) is 10.3 Å². The Morgan fingerprint density at radius 2 is 2.21 bits per heavy atom. The number of amides is 1. The van der Waals surface area contributed by atoms with E-state index in [2.05, 4.69) is 13.0 Å². The van der Waals surface area contributed by atoms with Crippen molar-refractivity contribution in [3.8, 4) is 0 Å². The summed E-state index contributed by atoms with van der Waals surface area (Å²) in [5, 5.41) is 2.02. The summed E-state index contributed by atoms with van der Waals surface area (Å²) in [4.78, 5) is 15.0. The number of hydrogen-bond acceptors (Lipinski definition) is 2. The standard InChI is InChI=1S/C11H15NOS/c1-2-9-5-8-14-10(9)11(13)12-6-3-4-7-12/h5,8H,2-4,6-7H2,1H3. The zero-order valence-electron chi connectivity index (χ0n) is 8.45. The predicted octanol–water partition coefficient (Wildman–Crippen LogP) is 2.55. The van der Waals surface area contributed by atoms with Crippen LogP contribution in [0.5, 0.6) is 0 Å². The molecule has 0 spiro atoms. The van der Waals surface area contributed by atoms with Gasteiger partial charge in [0.05, 0.1) is 4.88 Å². The molecule has 1 amide bonds. The molecule has 1 aromatic heterocycles. The minimum atomic E-state index is 0.245. The zero-order chi connectivity index (χ0) is 9.97. The first kappa shape index (κ1) is 9.71. The summed E-state index contributed by atoms with van der Waals surface area (Å²) < 4.78 is 0. The van der Waals surface area contributed by atoms with Crippen molar-refractivity contribution in [3.05, 3.63) is 21.9 Å². The van der Waals surface area contributed by atoms with E-state index in [0.29, 0.717) is 0 Å². The molecule has 76 valence electrons. The number of nitrogens with zero attached hydrogens (tertiary/aromatic N) is 1. The molecule has 0 radical (unpaired) electrons. The van der Waals surface area contributed by atoms with Gasteiger partial charge in [-0.05, 0) is 36.3 Å². The third-order valence-electron chi connectivity index (χ3n) is 2.72. The maximum Gasteiger partial charge on any atom is 0.264 e. The average Bonchev–Trinajstić information content (AvgIpc) is 2.87. The molecule has 14 heavy (non-hydrogen) atoms. The van der Waals surface area contributed by atoms with Gasteiger partial charge in [-0.25, -0.2) is 0 Å². The van der Waals surface area contributed by atoms with Gasteiger partial charge in [0.2, 0.25) is 0 Å². The number of hydrogen-bond donors (Lipinski definition) is 0. The number of carbonyl (C=O) groups is 1. The van der Waals surface area contributed by atoms with Crippen molar-refractivity contribution in [2.24, 2.45) is 0 Å². The molecule has 3 heteroatoms. The highest BCUT2D eigenvalue weighted by molar-refractivity contribution is 7.12. The molecule has 0 bridgehead atoms. The van der Waals surface area contributed by atoms with Crippen molar-refractivity contribution in [1.29, 1.82) is 0 Å². The van der Waals surface area contributed by atoms with Gasteiger partial charge in [-0.15, -0.1) is 11.3 Å². The molecule has 1 aliphatic heterocycles. The van der Waals surface area contributed by atoms with Crippen molar-refractivity contribution >= 4 is 17.2 Å². The van der Waals surface area contributed by atoms with E-state index in [4.69, 9.17) is 0 Å². The van der Waals surface area contributed by atoms with Crippen LogP contribution in [0, 0.1) is 0 Å². The SMILES string of the molecule is CCc1ccsc1C(=O)N1CCCC1. The van der Waals surface area contributed by atoms with Crippen molar-refractivity contribution in [3.63, 3.8) is 0 Å². The Morgan fingerprint density at radius 1 is 1.50 bits per heavy atom. The van der Waals surface area contributed by atoms with Crippen LogP contribution >= 0.6 is 11.3 Å². The van der Waals surface area contributed by atoms with E-state index in [1.54, 1.807) is 11.3 Å². The van der Waals surface area contributed by atoms with Crippen LogP contribution in [0.15, 0.2) is 11.4 Å². The van der Waals surface area contributed by atoms with Crippen LogP contribution in [0.1, 0.15) is 35.0 Å². The van der Waals surface area contributed by atoms with Crippen molar-refractivity contribution in [1.82, 2.24) is 4.90 Å². The number of thiophene rings is 1. The van der Waals surface area contributed by atoms with Crippen molar-refractivity contribution in [2.75, 3.05) is 13.1 Å². The normalized spacial score (nSPS) is 16.2. The predicted molar refractivity (Wildman–Crippen MR) is 58.8 cm³/mol. The third kappa shape index (κ3) is 1.69. The molecule has 1 fully saturated rings. The molecule has 1 saturated heterocycles. The van der Waals surface area contributed by atoms with E-state index in [-0.39, 0.29) is 5.91 Å². The van der Waals surface area contributed by atoms with Gasteiger partial charge in [-0.1, -0.05) is 6.92 Å². The quantitative estimate of drug-likeness (QED) is 0.733.